The number of aromatic amines is 2. The van der Waals surface area contributed by atoms with Crippen LogP contribution >= 0.6 is 0 Å². The maximum absolute atomic E-state index is 4.12. The van der Waals surface area contributed by atoms with Crippen LogP contribution in [0.1, 0.15) is 0 Å². The Kier molecular flexibility index (Phi) is 1.35. The molecule has 2 heterocycles. The molecule has 2 N–H and O–H groups in total. The molecule has 3 rings (SSSR count). The molecule has 3 aromatic rings. The number of benzene rings is 1. The second kappa shape index (κ2) is 2.63. The standard InChI is InChI=1S/C8H6N6/c1-2-6-7(10-4-9-6)3-5(1)8-11-13-14-12-8/h1-4H,(H,9,10)(H,11,12,13,14). The Morgan fingerprint density at radius 2 is 2.21 bits per heavy atom. The second-order valence-corrected chi connectivity index (χ2v) is 2.87. The van der Waals surface area contributed by atoms with Gasteiger partial charge in [-0.05, 0) is 23.4 Å². The summed E-state index contributed by atoms with van der Waals surface area (Å²) in [7, 11) is 0. The van der Waals surface area contributed by atoms with Crippen molar-refractivity contribution in [1.29, 1.82) is 0 Å². The molecule has 0 bridgehead atoms. The molecule has 68 valence electrons. The molecule has 6 nitrogen and oxygen atoms in total. The number of nitrogens with zero attached hydrogens (tertiary/aromatic N) is 4. The van der Waals surface area contributed by atoms with Gasteiger partial charge in [0.1, 0.15) is 0 Å². The summed E-state index contributed by atoms with van der Waals surface area (Å²) in [6.45, 7) is 0. The zero-order valence-corrected chi connectivity index (χ0v) is 7.10. The van der Waals surface area contributed by atoms with Crippen LogP contribution in [0.25, 0.3) is 22.4 Å². The van der Waals surface area contributed by atoms with Crippen LogP contribution in [0.15, 0.2) is 24.5 Å². The summed E-state index contributed by atoms with van der Waals surface area (Å²) in [6.07, 6.45) is 1.66. The molecule has 0 aliphatic heterocycles. The lowest BCUT2D eigenvalue weighted by Crippen LogP contribution is -1.81. The van der Waals surface area contributed by atoms with Gasteiger partial charge in [0, 0.05) is 5.56 Å². The summed E-state index contributed by atoms with van der Waals surface area (Å²) in [5, 5.41) is 13.7. The summed E-state index contributed by atoms with van der Waals surface area (Å²) in [4.78, 5) is 7.15. The van der Waals surface area contributed by atoms with Gasteiger partial charge in [-0.25, -0.2) is 4.98 Å². The van der Waals surface area contributed by atoms with Crippen molar-refractivity contribution in [2.45, 2.75) is 0 Å². The highest BCUT2D eigenvalue weighted by atomic mass is 15.5. The number of rotatable bonds is 1. The molecule has 0 unspecified atom stereocenters. The third kappa shape index (κ3) is 0.972. The molecule has 1 aromatic carbocycles. The Hall–Kier alpha value is -2.24. The molecule has 0 saturated heterocycles. The van der Waals surface area contributed by atoms with Crippen molar-refractivity contribution in [1.82, 2.24) is 30.6 Å². The van der Waals surface area contributed by atoms with Gasteiger partial charge in [-0.15, -0.1) is 10.2 Å². The van der Waals surface area contributed by atoms with Gasteiger partial charge in [0.2, 0.25) is 5.82 Å². The van der Waals surface area contributed by atoms with Gasteiger partial charge in [0.05, 0.1) is 17.4 Å². The highest BCUT2D eigenvalue weighted by molar-refractivity contribution is 5.79. The minimum absolute atomic E-state index is 0.585. The number of aromatic nitrogens is 6. The number of H-pyrrole nitrogens is 2. The number of hydrogen-bond donors (Lipinski definition) is 2. The van der Waals surface area contributed by atoms with E-state index in [-0.39, 0.29) is 0 Å². The fourth-order valence-electron chi connectivity index (χ4n) is 1.36. The Balaban J connectivity index is 2.23. The minimum atomic E-state index is 0.585. The highest BCUT2D eigenvalue weighted by Crippen LogP contribution is 2.18. The predicted octanol–water partition coefficient (Wildman–Crippen LogP) is 0.743. The van der Waals surface area contributed by atoms with Crippen molar-refractivity contribution in [2.75, 3.05) is 0 Å². The fraction of sp³-hybridized carbons (Fsp3) is 0. The third-order valence-corrected chi connectivity index (χ3v) is 2.02. The zero-order valence-electron chi connectivity index (χ0n) is 7.10. The van der Waals surface area contributed by atoms with E-state index >= 15 is 0 Å². The van der Waals surface area contributed by atoms with Crippen molar-refractivity contribution in [2.24, 2.45) is 0 Å². The topological polar surface area (TPSA) is 83.1 Å². The van der Waals surface area contributed by atoms with Gasteiger partial charge in [0.25, 0.3) is 0 Å². The van der Waals surface area contributed by atoms with Crippen LogP contribution in [0.4, 0.5) is 0 Å². The maximum atomic E-state index is 4.12. The van der Waals surface area contributed by atoms with E-state index in [1.165, 1.54) is 0 Å². The molecule has 0 aliphatic rings. The fourth-order valence-corrected chi connectivity index (χ4v) is 1.36. The molecule has 0 saturated carbocycles. The van der Waals surface area contributed by atoms with Crippen LogP contribution in [0, 0.1) is 0 Å². The Morgan fingerprint density at radius 1 is 1.21 bits per heavy atom. The molecular formula is C8H6N6. The predicted molar refractivity (Wildman–Crippen MR) is 49.3 cm³/mol. The van der Waals surface area contributed by atoms with Gasteiger partial charge in [-0.3, -0.25) is 0 Å². The lowest BCUT2D eigenvalue weighted by Gasteiger charge is -1.93. The molecule has 0 radical (unpaired) electrons. The van der Waals surface area contributed by atoms with Gasteiger partial charge >= 0.3 is 0 Å². The van der Waals surface area contributed by atoms with Gasteiger partial charge in [-0.1, -0.05) is 0 Å². The first-order chi connectivity index (χ1) is 6.93. The summed E-state index contributed by atoms with van der Waals surface area (Å²) in [5.74, 6) is 0.585. The zero-order chi connectivity index (χ0) is 9.38. The number of imidazole rings is 1. The molecule has 0 aliphatic carbocycles. The van der Waals surface area contributed by atoms with Crippen LogP contribution in [-0.4, -0.2) is 30.6 Å². The van der Waals surface area contributed by atoms with Crippen LogP contribution in [0.5, 0.6) is 0 Å². The Bertz CT molecular complexity index is 552. The average molecular weight is 186 g/mol. The molecule has 2 aromatic heterocycles. The lowest BCUT2D eigenvalue weighted by atomic mass is 10.2. The van der Waals surface area contributed by atoms with E-state index in [0.29, 0.717) is 5.82 Å². The number of nitrogens with one attached hydrogen (secondary N) is 2. The monoisotopic (exact) mass is 186 g/mol. The summed E-state index contributed by atoms with van der Waals surface area (Å²) in [6, 6.07) is 5.76. The van der Waals surface area contributed by atoms with E-state index in [4.69, 9.17) is 0 Å². The van der Waals surface area contributed by atoms with Crippen molar-refractivity contribution < 1.29 is 0 Å². The van der Waals surface area contributed by atoms with Gasteiger partial charge < -0.3 is 4.98 Å². The normalized spacial score (nSPS) is 10.9. The Labute approximate surface area is 78.4 Å². The van der Waals surface area contributed by atoms with E-state index in [1.807, 2.05) is 18.2 Å². The molecule has 0 spiro atoms. The van der Waals surface area contributed by atoms with Crippen LogP contribution in [0.2, 0.25) is 0 Å². The third-order valence-electron chi connectivity index (χ3n) is 2.02. The van der Waals surface area contributed by atoms with Gasteiger partial charge in [-0.2, -0.15) is 5.21 Å². The SMILES string of the molecule is c1nc2ccc(-c3nn[nH]n3)cc2[nH]1. The van der Waals surface area contributed by atoms with Crippen LogP contribution in [0.3, 0.4) is 0 Å². The first kappa shape index (κ1) is 7.19. The van der Waals surface area contributed by atoms with E-state index in [9.17, 15) is 0 Å². The summed E-state index contributed by atoms with van der Waals surface area (Å²) in [5.41, 5.74) is 2.81. The molecule has 0 fully saturated rings. The number of tetrazole rings is 1. The smallest absolute Gasteiger partial charge is 0.204 e. The quantitative estimate of drug-likeness (QED) is 0.587. The van der Waals surface area contributed by atoms with E-state index in [0.717, 1.165) is 16.6 Å². The molecule has 0 atom stereocenters. The first-order valence-electron chi connectivity index (χ1n) is 4.10. The minimum Gasteiger partial charge on any atom is -0.345 e. The summed E-state index contributed by atoms with van der Waals surface area (Å²) >= 11 is 0. The van der Waals surface area contributed by atoms with Crippen LogP contribution in [-0.2, 0) is 0 Å². The lowest BCUT2D eigenvalue weighted by molar-refractivity contribution is 0.881. The van der Waals surface area contributed by atoms with Gasteiger partial charge in [0.15, 0.2) is 0 Å². The van der Waals surface area contributed by atoms with E-state index in [2.05, 4.69) is 30.6 Å². The van der Waals surface area contributed by atoms with E-state index in [1.54, 1.807) is 6.33 Å². The molecule has 6 heteroatoms. The number of fused-ring (bicyclic) bond motifs is 1. The molecular weight excluding hydrogens is 180 g/mol. The van der Waals surface area contributed by atoms with Crippen molar-refractivity contribution in [3.8, 4) is 11.4 Å². The maximum Gasteiger partial charge on any atom is 0.204 e. The van der Waals surface area contributed by atoms with Crippen molar-refractivity contribution >= 4 is 11.0 Å². The second-order valence-electron chi connectivity index (χ2n) is 2.87. The summed E-state index contributed by atoms with van der Waals surface area (Å²) < 4.78 is 0. The van der Waals surface area contributed by atoms with Crippen LogP contribution < -0.4 is 0 Å². The van der Waals surface area contributed by atoms with Crippen molar-refractivity contribution in [3.05, 3.63) is 24.5 Å². The van der Waals surface area contributed by atoms with Crippen molar-refractivity contribution in [3.63, 3.8) is 0 Å². The Morgan fingerprint density at radius 3 is 3.07 bits per heavy atom. The first-order valence-corrected chi connectivity index (χ1v) is 4.10. The van der Waals surface area contributed by atoms with E-state index < -0.39 is 0 Å². The molecule has 14 heavy (non-hydrogen) atoms. The highest BCUT2D eigenvalue weighted by Gasteiger charge is 2.04. The molecule has 0 amide bonds. The number of hydrogen-bond acceptors (Lipinski definition) is 4. The largest absolute Gasteiger partial charge is 0.345 e. The average Bonchev–Trinajstić information content (AvgIpc) is 2.88.